The van der Waals surface area contributed by atoms with Crippen molar-refractivity contribution in [2.75, 3.05) is 0 Å². The zero-order valence-electron chi connectivity index (χ0n) is 19.2. The van der Waals surface area contributed by atoms with E-state index in [9.17, 15) is 5.11 Å². The molecule has 34 heavy (non-hydrogen) atoms. The van der Waals surface area contributed by atoms with Crippen LogP contribution < -0.4 is 4.74 Å². The number of rotatable bonds is 6. The molecule has 0 radical (unpaired) electrons. The van der Waals surface area contributed by atoms with Gasteiger partial charge in [0.15, 0.2) is 5.60 Å². The average Bonchev–Trinajstić information content (AvgIpc) is 3.53. The second kappa shape index (κ2) is 8.12. The topological polar surface area (TPSA) is 42.0 Å². The number of fused-ring (bicyclic) bond motifs is 1. The lowest BCUT2D eigenvalue weighted by Gasteiger charge is -2.22. The normalized spacial score (nSPS) is 27.2. The van der Waals surface area contributed by atoms with Crippen LogP contribution in [0, 0.1) is 6.92 Å². The molecule has 1 N–H and O–H groups in total. The third-order valence-electron chi connectivity index (χ3n) is 7.46. The van der Waals surface area contributed by atoms with Gasteiger partial charge in [-0.3, -0.25) is 0 Å². The maximum atomic E-state index is 11.6. The molecular weight excluding hydrogens is 420 g/mol. The quantitative estimate of drug-likeness (QED) is 0.355. The summed E-state index contributed by atoms with van der Waals surface area (Å²) in [5.74, 6) is 0.793. The Balaban J connectivity index is 1.45. The van der Waals surface area contributed by atoms with Crippen LogP contribution in [0.15, 0.2) is 109 Å². The highest BCUT2D eigenvalue weighted by molar-refractivity contribution is 5.55. The lowest BCUT2D eigenvalue weighted by molar-refractivity contribution is 0.0521. The molecule has 170 valence electrons. The van der Waals surface area contributed by atoms with Gasteiger partial charge in [-0.25, -0.2) is 0 Å². The summed E-state index contributed by atoms with van der Waals surface area (Å²) in [5, 5.41) is 11.6. The molecule has 2 fully saturated rings. The van der Waals surface area contributed by atoms with Crippen molar-refractivity contribution in [3.05, 3.63) is 137 Å². The Morgan fingerprint density at radius 3 is 2.18 bits per heavy atom. The van der Waals surface area contributed by atoms with Gasteiger partial charge < -0.3 is 14.6 Å². The van der Waals surface area contributed by atoms with Crippen LogP contribution in [0.2, 0.25) is 0 Å². The Hall–Kier alpha value is -3.40. The molecule has 6 rings (SSSR count). The van der Waals surface area contributed by atoms with Crippen molar-refractivity contribution in [3.63, 3.8) is 0 Å². The van der Waals surface area contributed by atoms with Crippen LogP contribution in [0.3, 0.4) is 0 Å². The van der Waals surface area contributed by atoms with Gasteiger partial charge in [0.1, 0.15) is 18.0 Å². The highest BCUT2D eigenvalue weighted by Crippen LogP contribution is 2.76. The molecule has 0 amide bonds. The van der Waals surface area contributed by atoms with Crippen LogP contribution in [0.4, 0.5) is 0 Å². The number of epoxide rings is 1. The minimum atomic E-state index is -0.851. The van der Waals surface area contributed by atoms with Crippen LogP contribution >= 0.6 is 0 Å². The lowest BCUT2D eigenvalue weighted by Crippen LogP contribution is -2.28. The molecule has 3 heteroatoms. The molecule has 1 saturated carbocycles. The minimum Gasteiger partial charge on any atom is -0.489 e. The summed E-state index contributed by atoms with van der Waals surface area (Å²) in [6, 6.07) is 37.1. The van der Waals surface area contributed by atoms with E-state index in [0.717, 1.165) is 22.4 Å². The fraction of sp³-hybridized carbons (Fsp3) is 0.226. The molecule has 1 heterocycles. The number of aryl methyl sites for hydroxylation is 1. The predicted molar refractivity (Wildman–Crippen MR) is 133 cm³/mol. The molecule has 4 aromatic rings. The first-order chi connectivity index (χ1) is 16.6. The Morgan fingerprint density at radius 2 is 1.44 bits per heavy atom. The second-order valence-corrected chi connectivity index (χ2v) is 9.42. The molecule has 0 spiro atoms. The Kier molecular flexibility index (Phi) is 5.05. The van der Waals surface area contributed by atoms with Crippen molar-refractivity contribution in [3.8, 4) is 5.75 Å². The van der Waals surface area contributed by atoms with Gasteiger partial charge in [0, 0.05) is 11.5 Å². The molecule has 0 aromatic heterocycles. The molecule has 4 aromatic carbocycles. The van der Waals surface area contributed by atoms with E-state index < -0.39 is 17.3 Å². The zero-order valence-corrected chi connectivity index (χ0v) is 19.2. The Bertz CT molecular complexity index is 1290. The molecule has 1 saturated heterocycles. The van der Waals surface area contributed by atoms with Gasteiger partial charge in [-0.1, -0.05) is 109 Å². The number of hydrogen-bond donors (Lipinski definition) is 1. The smallest absolute Gasteiger partial charge is 0.157 e. The van der Waals surface area contributed by atoms with Crippen molar-refractivity contribution >= 4 is 0 Å². The highest BCUT2D eigenvalue weighted by Gasteiger charge is 2.82. The van der Waals surface area contributed by atoms with E-state index in [4.69, 9.17) is 9.47 Å². The standard InChI is InChI=1S/C31H28O3/c1-22-16-18-25(19-17-22)30-27(24-12-6-3-7-13-24)20-29(32)31(30,34-30)26-14-8-9-15-28(26)33-21-23-10-4-2-5-11-23/h2-19,27,29,32H,20-21H2,1H3/t27-,29-,30+,31-/m0/s1. The maximum absolute atomic E-state index is 11.6. The summed E-state index contributed by atoms with van der Waals surface area (Å²) < 4.78 is 13.1. The Labute approximate surface area is 200 Å². The van der Waals surface area contributed by atoms with E-state index in [1.807, 2.05) is 48.5 Å². The number of benzene rings is 4. The molecule has 4 atom stereocenters. The monoisotopic (exact) mass is 448 g/mol. The molecule has 0 unspecified atom stereocenters. The summed E-state index contributed by atoms with van der Waals surface area (Å²) in [5.41, 5.74) is 4.00. The van der Waals surface area contributed by atoms with Gasteiger partial charge in [-0.05, 0) is 36.1 Å². The van der Waals surface area contributed by atoms with Gasteiger partial charge in [-0.15, -0.1) is 0 Å². The van der Waals surface area contributed by atoms with Crippen molar-refractivity contribution in [2.45, 2.75) is 43.2 Å². The van der Waals surface area contributed by atoms with E-state index in [-0.39, 0.29) is 5.92 Å². The van der Waals surface area contributed by atoms with Gasteiger partial charge in [0.2, 0.25) is 0 Å². The predicted octanol–water partition coefficient (Wildman–Crippen LogP) is 6.24. The highest BCUT2D eigenvalue weighted by atomic mass is 16.6. The van der Waals surface area contributed by atoms with Gasteiger partial charge in [0.25, 0.3) is 0 Å². The fourth-order valence-corrected chi connectivity index (χ4v) is 5.83. The van der Waals surface area contributed by atoms with E-state index >= 15 is 0 Å². The van der Waals surface area contributed by atoms with Crippen LogP contribution in [-0.4, -0.2) is 11.2 Å². The van der Waals surface area contributed by atoms with Gasteiger partial charge in [0.05, 0.1) is 6.10 Å². The third-order valence-corrected chi connectivity index (χ3v) is 7.46. The van der Waals surface area contributed by atoms with E-state index in [0.29, 0.717) is 13.0 Å². The van der Waals surface area contributed by atoms with Crippen molar-refractivity contribution in [1.82, 2.24) is 0 Å². The SMILES string of the molecule is Cc1ccc([C@]23O[C@@]2(c2ccccc2OCc2ccccc2)[C@@H](O)C[C@H]3c2ccccc2)cc1. The average molecular weight is 449 g/mol. The summed E-state index contributed by atoms with van der Waals surface area (Å²) in [7, 11) is 0. The number of aliphatic hydroxyl groups excluding tert-OH is 1. The van der Waals surface area contributed by atoms with E-state index in [1.54, 1.807) is 0 Å². The number of hydrogen-bond acceptors (Lipinski definition) is 3. The largest absolute Gasteiger partial charge is 0.489 e. The zero-order chi connectivity index (χ0) is 23.2. The van der Waals surface area contributed by atoms with Crippen LogP contribution in [0.5, 0.6) is 5.75 Å². The number of para-hydroxylation sites is 1. The third kappa shape index (κ3) is 3.12. The molecule has 2 aliphatic rings. The van der Waals surface area contributed by atoms with Crippen LogP contribution in [0.25, 0.3) is 0 Å². The first-order valence-corrected chi connectivity index (χ1v) is 11.9. The lowest BCUT2D eigenvalue weighted by atomic mass is 9.76. The molecule has 1 aliphatic heterocycles. The van der Waals surface area contributed by atoms with Crippen LogP contribution in [-0.2, 0) is 22.5 Å². The van der Waals surface area contributed by atoms with Crippen molar-refractivity contribution in [2.24, 2.45) is 0 Å². The summed E-state index contributed by atoms with van der Waals surface area (Å²) in [4.78, 5) is 0. The summed E-state index contributed by atoms with van der Waals surface area (Å²) in [6.45, 7) is 2.55. The second-order valence-electron chi connectivity index (χ2n) is 9.42. The van der Waals surface area contributed by atoms with Gasteiger partial charge >= 0.3 is 0 Å². The molecule has 3 nitrogen and oxygen atoms in total. The Morgan fingerprint density at radius 1 is 0.794 bits per heavy atom. The van der Waals surface area contributed by atoms with Gasteiger partial charge in [-0.2, -0.15) is 0 Å². The number of ether oxygens (including phenoxy) is 2. The van der Waals surface area contributed by atoms with Crippen LogP contribution in [0.1, 0.15) is 40.2 Å². The van der Waals surface area contributed by atoms with E-state index in [1.165, 1.54) is 11.1 Å². The minimum absolute atomic E-state index is 0.0357. The molecular formula is C31H28O3. The maximum Gasteiger partial charge on any atom is 0.157 e. The fourth-order valence-electron chi connectivity index (χ4n) is 5.83. The first kappa shape index (κ1) is 21.2. The summed E-state index contributed by atoms with van der Waals surface area (Å²) >= 11 is 0. The first-order valence-electron chi connectivity index (χ1n) is 11.9. The molecule has 1 aliphatic carbocycles. The molecule has 0 bridgehead atoms. The number of aliphatic hydroxyl groups is 1. The van der Waals surface area contributed by atoms with Crippen molar-refractivity contribution in [1.29, 1.82) is 0 Å². The van der Waals surface area contributed by atoms with Crippen molar-refractivity contribution < 1.29 is 14.6 Å². The summed E-state index contributed by atoms with van der Waals surface area (Å²) in [6.07, 6.45) is -0.0225. The van der Waals surface area contributed by atoms with E-state index in [2.05, 4.69) is 67.6 Å².